The molecule has 32 heavy (non-hydrogen) atoms. The van der Waals surface area contributed by atoms with Crippen molar-refractivity contribution >= 4 is 34.3 Å². The van der Waals surface area contributed by atoms with Crippen LogP contribution in [0.3, 0.4) is 0 Å². The maximum atomic E-state index is 14.7. The fourth-order valence-electron chi connectivity index (χ4n) is 3.77. The fraction of sp³-hybridized carbons (Fsp3) is 0.364. The zero-order valence-corrected chi connectivity index (χ0v) is 18.6. The lowest BCUT2D eigenvalue weighted by Crippen LogP contribution is -2.56. The van der Waals surface area contributed by atoms with E-state index in [2.05, 4.69) is 0 Å². The van der Waals surface area contributed by atoms with E-state index in [1.54, 1.807) is 41.1 Å². The molecule has 0 aliphatic carbocycles. The Hall–Kier alpha value is -1.85. The molecule has 1 saturated heterocycles. The number of rotatable bonds is 6. The van der Waals surface area contributed by atoms with Gasteiger partial charge in [-0.05, 0) is 31.2 Å². The van der Waals surface area contributed by atoms with Crippen molar-refractivity contribution in [1.29, 1.82) is 0 Å². The Labute approximate surface area is 192 Å². The van der Waals surface area contributed by atoms with Crippen LogP contribution < -0.4 is 4.74 Å². The number of fused-ring (bicyclic) bond motifs is 1. The summed E-state index contributed by atoms with van der Waals surface area (Å²) in [5.41, 5.74) is 0.579. The Balaban J connectivity index is 1.76. The van der Waals surface area contributed by atoms with Gasteiger partial charge in [0.1, 0.15) is 36.0 Å². The van der Waals surface area contributed by atoms with Gasteiger partial charge in [0.15, 0.2) is 6.23 Å². The molecule has 7 nitrogen and oxygen atoms in total. The van der Waals surface area contributed by atoms with Crippen LogP contribution in [-0.4, -0.2) is 62.6 Å². The summed E-state index contributed by atoms with van der Waals surface area (Å²) in [6, 6.07) is 9.76. The SMILES string of the molecule is CCOc1ccc(Sc2cn([C@@H]3O[C@H](CO)[C@@H](O)[C@H](O)[C@H]3O)c3cccc(Cl)c23)c(F)c1. The summed E-state index contributed by atoms with van der Waals surface area (Å²) in [5.74, 6) is -0.0297. The molecule has 2 heterocycles. The minimum atomic E-state index is -1.53. The summed E-state index contributed by atoms with van der Waals surface area (Å²) in [7, 11) is 0. The number of hydrogen-bond acceptors (Lipinski definition) is 7. The number of ether oxygens (including phenoxy) is 2. The van der Waals surface area contributed by atoms with Gasteiger partial charge in [-0.1, -0.05) is 29.4 Å². The van der Waals surface area contributed by atoms with E-state index in [1.807, 2.05) is 6.92 Å². The summed E-state index contributed by atoms with van der Waals surface area (Å²) >= 11 is 7.60. The number of aromatic nitrogens is 1. The van der Waals surface area contributed by atoms with Crippen LogP contribution in [0.15, 0.2) is 52.4 Å². The van der Waals surface area contributed by atoms with Gasteiger partial charge in [-0.3, -0.25) is 0 Å². The van der Waals surface area contributed by atoms with Crippen LogP contribution >= 0.6 is 23.4 Å². The van der Waals surface area contributed by atoms with Gasteiger partial charge in [-0.2, -0.15) is 0 Å². The molecule has 0 unspecified atom stereocenters. The average molecular weight is 484 g/mol. The van der Waals surface area contributed by atoms with Crippen LogP contribution in [-0.2, 0) is 4.74 Å². The molecular formula is C22H23ClFNO6S. The largest absolute Gasteiger partial charge is 0.494 e. The zero-order chi connectivity index (χ0) is 23.0. The van der Waals surface area contributed by atoms with Crippen LogP contribution in [0.2, 0.25) is 5.02 Å². The summed E-state index contributed by atoms with van der Waals surface area (Å²) in [6.07, 6.45) is -4.99. The minimum Gasteiger partial charge on any atom is -0.494 e. The molecule has 1 aliphatic rings. The predicted molar refractivity (Wildman–Crippen MR) is 118 cm³/mol. The minimum absolute atomic E-state index is 0.348. The van der Waals surface area contributed by atoms with E-state index < -0.39 is 43.1 Å². The molecular weight excluding hydrogens is 461 g/mol. The van der Waals surface area contributed by atoms with Crippen LogP contribution in [0.1, 0.15) is 13.2 Å². The van der Waals surface area contributed by atoms with E-state index in [9.17, 15) is 24.8 Å². The topological polar surface area (TPSA) is 104 Å². The number of nitrogens with zero attached hydrogens (tertiary/aromatic N) is 1. The quantitative estimate of drug-likeness (QED) is 0.427. The van der Waals surface area contributed by atoms with E-state index in [0.717, 1.165) is 11.8 Å². The number of aliphatic hydroxyl groups is 4. The van der Waals surface area contributed by atoms with Gasteiger partial charge < -0.3 is 34.5 Å². The Morgan fingerprint density at radius 2 is 1.91 bits per heavy atom. The molecule has 0 radical (unpaired) electrons. The van der Waals surface area contributed by atoms with Crippen LogP contribution in [0, 0.1) is 5.82 Å². The molecule has 1 aromatic heterocycles. The maximum Gasteiger partial charge on any atom is 0.163 e. The van der Waals surface area contributed by atoms with Crippen molar-refractivity contribution in [3.8, 4) is 5.75 Å². The van der Waals surface area contributed by atoms with Gasteiger partial charge in [0.05, 0.1) is 23.8 Å². The van der Waals surface area contributed by atoms with Gasteiger partial charge >= 0.3 is 0 Å². The molecule has 10 heteroatoms. The highest BCUT2D eigenvalue weighted by atomic mass is 35.5. The molecule has 4 rings (SSSR count). The first-order valence-corrected chi connectivity index (χ1v) is 11.2. The first kappa shape index (κ1) is 23.3. The number of aliphatic hydroxyl groups excluding tert-OH is 4. The first-order valence-electron chi connectivity index (χ1n) is 10.1. The molecule has 0 amide bonds. The number of hydrogen-bond donors (Lipinski definition) is 4. The van der Waals surface area contributed by atoms with Crippen molar-refractivity contribution in [3.63, 3.8) is 0 Å². The van der Waals surface area contributed by atoms with Gasteiger partial charge in [0, 0.05) is 27.4 Å². The molecule has 0 spiro atoms. The molecule has 1 fully saturated rings. The third-order valence-electron chi connectivity index (χ3n) is 5.35. The second kappa shape index (κ2) is 9.56. The molecule has 2 aromatic carbocycles. The van der Waals surface area contributed by atoms with Crippen molar-refractivity contribution in [2.75, 3.05) is 13.2 Å². The van der Waals surface area contributed by atoms with E-state index in [1.165, 1.54) is 6.07 Å². The van der Waals surface area contributed by atoms with E-state index >= 15 is 0 Å². The summed E-state index contributed by atoms with van der Waals surface area (Å²) in [5, 5.41) is 41.4. The molecule has 0 bridgehead atoms. The third kappa shape index (κ3) is 4.22. The highest BCUT2D eigenvalue weighted by Gasteiger charge is 2.44. The molecule has 5 atom stereocenters. The van der Waals surface area contributed by atoms with E-state index in [-0.39, 0.29) is 0 Å². The third-order valence-corrected chi connectivity index (χ3v) is 6.74. The van der Waals surface area contributed by atoms with Crippen LogP contribution in [0.5, 0.6) is 5.75 Å². The monoisotopic (exact) mass is 483 g/mol. The van der Waals surface area contributed by atoms with Crippen molar-refractivity contribution in [2.45, 2.75) is 47.4 Å². The summed E-state index contributed by atoms with van der Waals surface area (Å²) in [6.45, 7) is 1.70. The van der Waals surface area contributed by atoms with E-state index in [0.29, 0.717) is 38.1 Å². The fourth-order valence-corrected chi connectivity index (χ4v) is 5.11. The zero-order valence-electron chi connectivity index (χ0n) is 17.1. The lowest BCUT2D eigenvalue weighted by Gasteiger charge is -2.40. The summed E-state index contributed by atoms with van der Waals surface area (Å²) in [4.78, 5) is 0.951. The Morgan fingerprint density at radius 3 is 2.59 bits per heavy atom. The smallest absolute Gasteiger partial charge is 0.163 e. The van der Waals surface area contributed by atoms with Crippen molar-refractivity contribution < 1.29 is 34.3 Å². The van der Waals surface area contributed by atoms with Crippen LogP contribution in [0.25, 0.3) is 10.9 Å². The first-order chi connectivity index (χ1) is 15.3. The second-order valence-corrected chi connectivity index (χ2v) is 8.87. The molecule has 4 N–H and O–H groups in total. The van der Waals surface area contributed by atoms with Gasteiger partial charge in [-0.25, -0.2) is 4.39 Å². The van der Waals surface area contributed by atoms with Gasteiger partial charge in [0.2, 0.25) is 0 Å². The van der Waals surface area contributed by atoms with Crippen molar-refractivity contribution in [1.82, 2.24) is 4.57 Å². The highest BCUT2D eigenvalue weighted by molar-refractivity contribution is 7.99. The Bertz CT molecular complexity index is 1110. The lowest BCUT2D eigenvalue weighted by molar-refractivity contribution is -0.250. The second-order valence-electron chi connectivity index (χ2n) is 7.38. The van der Waals surface area contributed by atoms with Crippen molar-refractivity contribution in [2.24, 2.45) is 0 Å². The maximum absolute atomic E-state index is 14.7. The average Bonchev–Trinajstić information content (AvgIpc) is 3.14. The van der Waals surface area contributed by atoms with Gasteiger partial charge in [-0.15, -0.1) is 0 Å². The molecule has 1 aliphatic heterocycles. The standard InChI is InChI=1S/C22H23ClFNO6S/c1-2-30-11-6-7-16(13(24)8-11)32-17-9-25(14-5-3-4-12(23)18(14)17)22-21(29)20(28)19(27)15(10-26)31-22/h3-9,15,19-22,26-29H,2,10H2,1H3/t15-,19-,20+,21-,22-/m1/s1. The Kier molecular flexibility index (Phi) is 6.97. The predicted octanol–water partition coefficient (Wildman–Crippen LogP) is 2.96. The number of benzene rings is 2. The Morgan fingerprint density at radius 1 is 1.12 bits per heavy atom. The normalized spacial score (nSPS) is 25.9. The van der Waals surface area contributed by atoms with E-state index in [4.69, 9.17) is 21.1 Å². The molecule has 0 saturated carbocycles. The molecule has 172 valence electrons. The van der Waals surface area contributed by atoms with Crippen LogP contribution in [0.4, 0.5) is 4.39 Å². The van der Waals surface area contributed by atoms with Gasteiger partial charge in [0.25, 0.3) is 0 Å². The molecule has 3 aromatic rings. The summed E-state index contributed by atoms with van der Waals surface area (Å²) < 4.78 is 27.3. The lowest BCUT2D eigenvalue weighted by atomic mass is 9.98. The van der Waals surface area contributed by atoms with Crippen molar-refractivity contribution in [3.05, 3.63) is 53.4 Å². The highest BCUT2D eigenvalue weighted by Crippen LogP contribution is 2.42. The number of halogens is 2.